The van der Waals surface area contributed by atoms with Crippen LogP contribution >= 0.6 is 0 Å². The van der Waals surface area contributed by atoms with Gasteiger partial charge in [-0.1, -0.05) is 26.0 Å². The number of fused-ring (bicyclic) bond motifs is 1. The molecule has 0 aliphatic carbocycles. The monoisotopic (exact) mass is 468 g/mol. The Hall–Kier alpha value is -3.18. The summed E-state index contributed by atoms with van der Waals surface area (Å²) in [6.45, 7) is 11.4. The molecule has 182 valence electrons. The first-order valence-corrected chi connectivity index (χ1v) is 12.8. The van der Waals surface area contributed by atoms with E-state index in [-0.39, 0.29) is 5.56 Å². The number of hydrogen-bond donors (Lipinski definition) is 1. The number of nitrogens with one attached hydrogen (secondary N) is 1. The zero-order valence-corrected chi connectivity index (χ0v) is 21.5. The Balaban J connectivity index is 1.59. The van der Waals surface area contributed by atoms with Gasteiger partial charge in [0, 0.05) is 59.3 Å². The second-order valence-electron chi connectivity index (χ2n) is 10.6. The number of aromatic amines is 1. The summed E-state index contributed by atoms with van der Waals surface area (Å²) >= 11 is 0. The molecule has 5 rings (SSSR count). The number of H-pyrrole nitrogens is 1. The minimum atomic E-state index is -0.0148. The van der Waals surface area contributed by atoms with Crippen LogP contribution < -0.4 is 5.56 Å². The highest BCUT2D eigenvalue weighted by molar-refractivity contribution is 5.92. The standard InChI is InChI=1S/C30H36N4O/c1-19(2)28-26-15-22(21-10-13-34(14-11-21)20(3)4)8-9-27(26)32-29(28)24-16-25(30(35)33(5)18-24)23-7-6-12-31-17-23/h6-9,12,15-21,32H,10-11,13-14H2,1-5H3. The Kier molecular flexibility index (Phi) is 6.37. The molecule has 35 heavy (non-hydrogen) atoms. The molecule has 0 bridgehead atoms. The van der Waals surface area contributed by atoms with E-state index in [4.69, 9.17) is 0 Å². The molecule has 4 aromatic rings. The lowest BCUT2D eigenvalue weighted by molar-refractivity contribution is 0.172. The molecule has 5 heteroatoms. The first-order chi connectivity index (χ1) is 16.8. The number of aromatic nitrogens is 3. The van der Waals surface area contributed by atoms with Crippen LogP contribution in [-0.2, 0) is 7.05 Å². The van der Waals surface area contributed by atoms with Gasteiger partial charge in [0.15, 0.2) is 0 Å². The van der Waals surface area contributed by atoms with Crippen molar-refractivity contribution in [1.82, 2.24) is 19.4 Å². The quantitative estimate of drug-likeness (QED) is 0.374. The van der Waals surface area contributed by atoms with Crippen molar-refractivity contribution in [3.05, 3.63) is 76.5 Å². The van der Waals surface area contributed by atoms with E-state index in [1.807, 2.05) is 31.4 Å². The summed E-state index contributed by atoms with van der Waals surface area (Å²) in [4.78, 5) is 23.5. The van der Waals surface area contributed by atoms with Crippen LogP contribution in [-0.4, -0.2) is 38.6 Å². The Morgan fingerprint density at radius 2 is 1.80 bits per heavy atom. The van der Waals surface area contributed by atoms with Crippen molar-refractivity contribution >= 4 is 10.9 Å². The highest BCUT2D eigenvalue weighted by atomic mass is 16.1. The third kappa shape index (κ3) is 4.45. The van der Waals surface area contributed by atoms with Crippen LogP contribution in [0.4, 0.5) is 0 Å². The van der Waals surface area contributed by atoms with Crippen molar-refractivity contribution in [2.75, 3.05) is 13.1 Å². The van der Waals surface area contributed by atoms with Crippen LogP contribution in [0, 0.1) is 0 Å². The Bertz CT molecular complexity index is 1390. The van der Waals surface area contributed by atoms with Crippen LogP contribution in [0.3, 0.4) is 0 Å². The summed E-state index contributed by atoms with van der Waals surface area (Å²) in [5.41, 5.74) is 7.54. The Morgan fingerprint density at radius 1 is 1.03 bits per heavy atom. The summed E-state index contributed by atoms with van der Waals surface area (Å²) in [7, 11) is 1.82. The number of pyridine rings is 2. The zero-order chi connectivity index (χ0) is 24.7. The summed E-state index contributed by atoms with van der Waals surface area (Å²) in [6, 6.07) is 13.4. The molecule has 0 unspecified atom stereocenters. The van der Waals surface area contributed by atoms with Crippen molar-refractivity contribution in [3.63, 3.8) is 0 Å². The Morgan fingerprint density at radius 3 is 2.46 bits per heavy atom. The SMILES string of the molecule is CC(C)c1c(-c2cc(-c3cccnc3)c(=O)n(C)c2)[nH]c2ccc(C3CCN(C(C)C)CC3)cc12. The topological polar surface area (TPSA) is 53.9 Å². The van der Waals surface area contributed by atoms with Gasteiger partial charge in [0.2, 0.25) is 0 Å². The highest BCUT2D eigenvalue weighted by Gasteiger charge is 2.24. The number of aryl methyl sites for hydroxylation is 1. The number of benzene rings is 1. The maximum Gasteiger partial charge on any atom is 0.258 e. The summed E-state index contributed by atoms with van der Waals surface area (Å²) in [6.07, 6.45) is 7.87. The third-order valence-corrected chi connectivity index (χ3v) is 7.62. The number of rotatable bonds is 5. The molecule has 1 saturated heterocycles. The van der Waals surface area contributed by atoms with Gasteiger partial charge in [0.1, 0.15) is 0 Å². The molecule has 1 N–H and O–H groups in total. The lowest BCUT2D eigenvalue weighted by Crippen LogP contribution is -2.37. The molecule has 5 nitrogen and oxygen atoms in total. The van der Waals surface area contributed by atoms with Crippen LogP contribution in [0.25, 0.3) is 33.3 Å². The molecular formula is C30H36N4O. The maximum atomic E-state index is 13.0. The summed E-state index contributed by atoms with van der Waals surface area (Å²) in [5.74, 6) is 0.957. The zero-order valence-electron chi connectivity index (χ0n) is 21.5. The minimum absolute atomic E-state index is 0.0148. The van der Waals surface area contributed by atoms with Gasteiger partial charge in [0.25, 0.3) is 5.56 Å². The summed E-state index contributed by atoms with van der Waals surface area (Å²) < 4.78 is 1.68. The van der Waals surface area contributed by atoms with Crippen molar-refractivity contribution in [2.45, 2.75) is 58.4 Å². The second-order valence-corrected chi connectivity index (χ2v) is 10.6. The maximum absolute atomic E-state index is 13.0. The molecule has 0 amide bonds. The van der Waals surface area contributed by atoms with E-state index < -0.39 is 0 Å². The fourth-order valence-corrected chi connectivity index (χ4v) is 5.64. The average molecular weight is 469 g/mol. The smallest absolute Gasteiger partial charge is 0.258 e. The molecule has 0 saturated carbocycles. The minimum Gasteiger partial charge on any atom is -0.354 e. The Labute approximate surface area is 207 Å². The van der Waals surface area contributed by atoms with E-state index in [0.29, 0.717) is 23.4 Å². The second kappa shape index (κ2) is 9.46. The predicted octanol–water partition coefficient (Wildman–Crippen LogP) is 6.31. The molecule has 1 fully saturated rings. The largest absolute Gasteiger partial charge is 0.354 e. The van der Waals surface area contributed by atoms with E-state index in [0.717, 1.165) is 22.3 Å². The van der Waals surface area contributed by atoms with Gasteiger partial charge < -0.3 is 14.5 Å². The van der Waals surface area contributed by atoms with E-state index in [1.165, 1.54) is 42.4 Å². The van der Waals surface area contributed by atoms with Crippen molar-refractivity contribution in [2.24, 2.45) is 7.05 Å². The molecule has 4 heterocycles. The van der Waals surface area contributed by atoms with Gasteiger partial charge in [-0.3, -0.25) is 9.78 Å². The van der Waals surface area contributed by atoms with Crippen molar-refractivity contribution < 1.29 is 0 Å². The van der Waals surface area contributed by atoms with Gasteiger partial charge in [-0.25, -0.2) is 0 Å². The fraction of sp³-hybridized carbons (Fsp3) is 0.400. The molecule has 1 aromatic carbocycles. The number of likely N-dealkylation sites (tertiary alicyclic amines) is 1. The third-order valence-electron chi connectivity index (χ3n) is 7.62. The van der Waals surface area contributed by atoms with Crippen LogP contribution in [0.1, 0.15) is 63.5 Å². The van der Waals surface area contributed by atoms with Gasteiger partial charge in [-0.15, -0.1) is 0 Å². The lowest BCUT2D eigenvalue weighted by atomic mass is 9.87. The number of piperidine rings is 1. The summed E-state index contributed by atoms with van der Waals surface area (Å²) in [5, 5.41) is 1.30. The van der Waals surface area contributed by atoms with Crippen molar-refractivity contribution in [3.8, 4) is 22.4 Å². The van der Waals surface area contributed by atoms with Crippen molar-refractivity contribution in [1.29, 1.82) is 0 Å². The fourth-order valence-electron chi connectivity index (χ4n) is 5.64. The molecule has 1 aliphatic heterocycles. The molecular weight excluding hydrogens is 432 g/mol. The molecule has 0 spiro atoms. The van der Waals surface area contributed by atoms with E-state index in [1.54, 1.807) is 17.0 Å². The molecule has 0 atom stereocenters. The van der Waals surface area contributed by atoms with E-state index in [2.05, 4.69) is 60.8 Å². The number of hydrogen-bond acceptors (Lipinski definition) is 3. The van der Waals surface area contributed by atoms with Gasteiger partial charge in [-0.2, -0.15) is 0 Å². The van der Waals surface area contributed by atoms with Gasteiger partial charge in [-0.05, 0) is 87.0 Å². The lowest BCUT2D eigenvalue weighted by Gasteiger charge is -2.34. The highest BCUT2D eigenvalue weighted by Crippen LogP contribution is 2.38. The molecule has 1 aliphatic rings. The first-order valence-electron chi connectivity index (χ1n) is 12.8. The van der Waals surface area contributed by atoms with E-state index in [9.17, 15) is 4.79 Å². The number of nitrogens with zero attached hydrogens (tertiary/aromatic N) is 3. The first kappa shape index (κ1) is 23.6. The van der Waals surface area contributed by atoms with Gasteiger partial charge >= 0.3 is 0 Å². The van der Waals surface area contributed by atoms with Gasteiger partial charge in [0.05, 0.1) is 5.69 Å². The molecule has 0 radical (unpaired) electrons. The van der Waals surface area contributed by atoms with Crippen LogP contribution in [0.15, 0.2) is 59.8 Å². The molecule has 3 aromatic heterocycles. The van der Waals surface area contributed by atoms with Crippen LogP contribution in [0.5, 0.6) is 0 Å². The average Bonchev–Trinajstić information content (AvgIpc) is 3.25. The normalized spacial score (nSPS) is 15.5. The predicted molar refractivity (Wildman–Crippen MR) is 145 cm³/mol. The van der Waals surface area contributed by atoms with E-state index >= 15 is 0 Å². The van der Waals surface area contributed by atoms with Crippen LogP contribution in [0.2, 0.25) is 0 Å².